The van der Waals surface area contributed by atoms with Crippen LogP contribution in [0.3, 0.4) is 0 Å². The van der Waals surface area contributed by atoms with E-state index in [-0.39, 0.29) is 16.1 Å². The largest absolute Gasteiger partial charge is 0.421 e. The van der Waals surface area contributed by atoms with E-state index in [2.05, 4.69) is 10.3 Å². The lowest BCUT2D eigenvalue weighted by Crippen LogP contribution is -2.61. The van der Waals surface area contributed by atoms with Crippen LogP contribution in [0.4, 0.5) is 24.7 Å². The molecule has 0 saturated heterocycles. The lowest BCUT2D eigenvalue weighted by molar-refractivity contribution is -0.194. The number of nitrogens with one attached hydrogen (secondary N) is 4. The molecule has 0 aliphatic carbocycles. The van der Waals surface area contributed by atoms with Gasteiger partial charge in [-0.05, 0) is 48.6 Å². The van der Waals surface area contributed by atoms with E-state index in [4.69, 9.17) is 12.2 Å². The van der Waals surface area contributed by atoms with Gasteiger partial charge in [0.15, 0.2) is 4.77 Å². The SMILES string of the molecule is CC(=O)Nc1ccc(S(=O)(=O)NC2(C(F)(F)F)C(=O)Nc3c2c(=O)[nH]c(=S)n3-c2ccccc2)cc1. The van der Waals surface area contributed by atoms with E-state index in [1.807, 2.05) is 5.32 Å². The third kappa shape index (κ3) is 4.10. The number of benzene rings is 2. The standard InChI is InChI=1S/C21H16F3N5O5S2/c1-11(30)25-12-7-9-14(10-8-12)36(33,34)28-20(21(22,23)24)15-16(26-18(20)32)29(19(35)27-17(15)31)13-5-3-2-4-6-13/h2-10,28H,1H3,(H,25,30)(H,26,32)(H,27,31,35). The summed E-state index contributed by atoms with van der Waals surface area (Å²) >= 11 is 5.10. The Balaban J connectivity index is 1.92. The molecule has 188 valence electrons. The summed E-state index contributed by atoms with van der Waals surface area (Å²) in [5.74, 6) is -2.91. The molecule has 0 fully saturated rings. The molecule has 2 aromatic carbocycles. The number of carbonyl (C=O) groups excluding carboxylic acids is 2. The molecule has 1 aliphatic heterocycles. The van der Waals surface area contributed by atoms with Gasteiger partial charge in [-0.1, -0.05) is 18.2 Å². The fourth-order valence-corrected chi connectivity index (χ4v) is 5.36. The van der Waals surface area contributed by atoms with E-state index in [1.165, 1.54) is 23.8 Å². The van der Waals surface area contributed by atoms with Gasteiger partial charge in [0.25, 0.3) is 11.5 Å². The number of aromatic amines is 1. The summed E-state index contributed by atoms with van der Waals surface area (Å²) in [5, 5.41) is 4.38. The Hall–Kier alpha value is -3.82. The van der Waals surface area contributed by atoms with Crippen LogP contribution < -0.4 is 20.9 Å². The predicted molar refractivity (Wildman–Crippen MR) is 125 cm³/mol. The van der Waals surface area contributed by atoms with Crippen molar-refractivity contribution in [3.63, 3.8) is 0 Å². The molecular formula is C21H16F3N5O5S2. The van der Waals surface area contributed by atoms with Crippen molar-refractivity contribution < 1.29 is 31.2 Å². The molecule has 0 radical (unpaired) electrons. The maximum absolute atomic E-state index is 14.6. The molecule has 1 atom stereocenters. The number of carbonyl (C=O) groups is 2. The molecule has 10 nitrogen and oxygen atoms in total. The first kappa shape index (κ1) is 25.3. The first-order valence-corrected chi connectivity index (χ1v) is 11.9. The summed E-state index contributed by atoms with van der Waals surface area (Å²) in [6.45, 7) is 1.21. The highest BCUT2D eigenvalue weighted by molar-refractivity contribution is 7.89. The average molecular weight is 540 g/mol. The lowest BCUT2D eigenvalue weighted by atomic mass is 9.93. The van der Waals surface area contributed by atoms with Crippen LogP contribution in [0.1, 0.15) is 12.5 Å². The van der Waals surface area contributed by atoms with Crippen molar-refractivity contribution in [1.82, 2.24) is 14.3 Å². The van der Waals surface area contributed by atoms with Crippen molar-refractivity contribution in [2.45, 2.75) is 23.5 Å². The smallest absolute Gasteiger partial charge is 0.326 e. The number of rotatable bonds is 5. The van der Waals surface area contributed by atoms with Crippen LogP contribution in [0.25, 0.3) is 5.69 Å². The minimum atomic E-state index is -5.59. The number of nitrogens with zero attached hydrogens (tertiary/aromatic N) is 1. The van der Waals surface area contributed by atoms with Crippen molar-refractivity contribution in [2.75, 3.05) is 10.6 Å². The minimum Gasteiger partial charge on any atom is -0.326 e. The van der Waals surface area contributed by atoms with E-state index in [0.29, 0.717) is 0 Å². The Kier molecular flexibility index (Phi) is 6.10. The van der Waals surface area contributed by atoms with Gasteiger partial charge in [0.2, 0.25) is 21.5 Å². The molecule has 0 bridgehead atoms. The highest BCUT2D eigenvalue weighted by atomic mass is 32.2. The van der Waals surface area contributed by atoms with Crippen molar-refractivity contribution in [3.05, 3.63) is 75.3 Å². The van der Waals surface area contributed by atoms with Gasteiger partial charge < -0.3 is 10.6 Å². The van der Waals surface area contributed by atoms with Gasteiger partial charge in [-0.25, -0.2) is 8.42 Å². The molecule has 4 rings (SSSR count). The van der Waals surface area contributed by atoms with E-state index in [1.54, 1.807) is 18.2 Å². The molecule has 1 unspecified atom stereocenters. The molecule has 2 heterocycles. The van der Waals surface area contributed by atoms with Crippen molar-refractivity contribution in [2.24, 2.45) is 0 Å². The van der Waals surface area contributed by atoms with Crippen LogP contribution in [0.5, 0.6) is 0 Å². The summed E-state index contributed by atoms with van der Waals surface area (Å²) in [6.07, 6.45) is -5.59. The molecule has 0 saturated carbocycles. The third-order valence-corrected chi connectivity index (χ3v) is 7.02. The zero-order valence-corrected chi connectivity index (χ0v) is 19.8. The Labute approximate surface area is 206 Å². The Morgan fingerprint density at radius 2 is 1.67 bits per heavy atom. The number of hydrogen-bond donors (Lipinski definition) is 4. The van der Waals surface area contributed by atoms with E-state index in [9.17, 15) is 36.0 Å². The van der Waals surface area contributed by atoms with Crippen molar-refractivity contribution >= 4 is 45.6 Å². The molecule has 3 aromatic rings. The summed E-state index contributed by atoms with van der Waals surface area (Å²) in [5.41, 5.74) is -6.18. The number of amides is 2. The fraction of sp³-hybridized carbons (Fsp3) is 0.143. The molecule has 0 spiro atoms. The van der Waals surface area contributed by atoms with E-state index in [0.717, 1.165) is 28.8 Å². The quantitative estimate of drug-likeness (QED) is 0.367. The van der Waals surface area contributed by atoms with Crippen LogP contribution in [0, 0.1) is 4.77 Å². The summed E-state index contributed by atoms with van der Waals surface area (Å²) in [4.78, 5) is 38.3. The van der Waals surface area contributed by atoms with E-state index >= 15 is 0 Å². The molecular weight excluding hydrogens is 523 g/mol. The second-order valence-corrected chi connectivity index (χ2v) is 9.74. The van der Waals surface area contributed by atoms with Crippen LogP contribution in [-0.4, -0.2) is 36.0 Å². The molecule has 2 amide bonds. The molecule has 15 heteroatoms. The molecule has 1 aliphatic rings. The molecule has 1 aromatic heterocycles. The van der Waals surface area contributed by atoms with Crippen molar-refractivity contribution in [1.29, 1.82) is 0 Å². The normalized spacial score (nSPS) is 17.4. The minimum absolute atomic E-state index is 0.189. The van der Waals surface area contributed by atoms with Gasteiger partial charge in [0, 0.05) is 18.3 Å². The number of alkyl halides is 3. The topological polar surface area (TPSA) is 142 Å². The van der Waals surface area contributed by atoms with E-state index < -0.39 is 55.4 Å². The monoisotopic (exact) mass is 539 g/mol. The number of fused-ring (bicyclic) bond motifs is 1. The Morgan fingerprint density at radius 1 is 1.06 bits per heavy atom. The Bertz CT molecular complexity index is 1600. The van der Waals surface area contributed by atoms with Crippen LogP contribution in [0.15, 0.2) is 64.3 Å². The van der Waals surface area contributed by atoms with Crippen LogP contribution >= 0.6 is 12.2 Å². The van der Waals surface area contributed by atoms with Crippen LogP contribution in [-0.2, 0) is 25.2 Å². The Morgan fingerprint density at radius 3 is 2.22 bits per heavy atom. The first-order valence-electron chi connectivity index (χ1n) is 10.0. The number of hydrogen-bond acceptors (Lipinski definition) is 6. The zero-order chi connectivity index (χ0) is 26.5. The number of anilines is 2. The number of para-hydroxylation sites is 1. The second kappa shape index (κ2) is 8.69. The highest BCUT2D eigenvalue weighted by Crippen LogP contribution is 2.46. The van der Waals surface area contributed by atoms with Gasteiger partial charge in [0.05, 0.1) is 10.5 Å². The second-order valence-electron chi connectivity index (χ2n) is 7.67. The van der Waals surface area contributed by atoms with Gasteiger partial charge in [0.1, 0.15) is 5.82 Å². The summed E-state index contributed by atoms with van der Waals surface area (Å²) in [7, 11) is -5.04. The van der Waals surface area contributed by atoms with Gasteiger partial charge in [-0.3, -0.25) is 23.9 Å². The highest BCUT2D eigenvalue weighted by Gasteiger charge is 2.69. The number of H-pyrrole nitrogens is 1. The summed E-state index contributed by atoms with van der Waals surface area (Å²) in [6, 6.07) is 11.8. The maximum Gasteiger partial charge on any atom is 0.421 e. The average Bonchev–Trinajstić information content (AvgIpc) is 3.07. The first-order chi connectivity index (χ1) is 16.8. The lowest BCUT2D eigenvalue weighted by Gasteiger charge is -2.29. The molecule has 36 heavy (non-hydrogen) atoms. The van der Waals surface area contributed by atoms with Crippen LogP contribution in [0.2, 0.25) is 0 Å². The van der Waals surface area contributed by atoms with Gasteiger partial charge >= 0.3 is 6.18 Å². The van der Waals surface area contributed by atoms with Gasteiger partial charge in [-0.15, -0.1) is 0 Å². The predicted octanol–water partition coefficient (Wildman–Crippen LogP) is 2.54. The molecule has 4 N–H and O–H groups in total. The fourth-order valence-electron chi connectivity index (χ4n) is 3.75. The number of sulfonamides is 1. The van der Waals surface area contributed by atoms with Gasteiger partial charge in [-0.2, -0.15) is 17.9 Å². The third-order valence-electron chi connectivity index (χ3n) is 5.27. The zero-order valence-electron chi connectivity index (χ0n) is 18.1. The summed E-state index contributed by atoms with van der Waals surface area (Å²) < 4.78 is 71.9. The number of halogens is 3. The van der Waals surface area contributed by atoms with Crippen molar-refractivity contribution in [3.8, 4) is 5.69 Å². The number of aromatic nitrogens is 2. The maximum atomic E-state index is 14.6.